The number of esters is 1. The number of hydrogen-bond donors (Lipinski definition) is 1. The van der Waals surface area contributed by atoms with Gasteiger partial charge in [0.25, 0.3) is 5.91 Å². The van der Waals surface area contributed by atoms with Gasteiger partial charge in [-0.2, -0.15) is 0 Å². The van der Waals surface area contributed by atoms with Gasteiger partial charge in [0, 0.05) is 18.1 Å². The molecule has 0 bridgehead atoms. The fourth-order valence-electron chi connectivity index (χ4n) is 1.91. The van der Waals surface area contributed by atoms with Gasteiger partial charge in [-0.05, 0) is 23.6 Å². The average molecular weight is 339 g/mol. The van der Waals surface area contributed by atoms with E-state index in [9.17, 15) is 9.59 Å². The molecule has 0 saturated carbocycles. The molecule has 1 heterocycles. The Morgan fingerprint density at radius 1 is 1.23 bits per heavy atom. The van der Waals surface area contributed by atoms with Crippen LogP contribution in [0.1, 0.15) is 34.4 Å². The highest BCUT2D eigenvalue weighted by atomic mass is 32.2. The van der Waals surface area contributed by atoms with Gasteiger partial charge < -0.3 is 10.1 Å². The van der Waals surface area contributed by atoms with Crippen molar-refractivity contribution < 1.29 is 14.3 Å². The van der Waals surface area contributed by atoms with Crippen molar-refractivity contribution in [1.29, 1.82) is 0 Å². The summed E-state index contributed by atoms with van der Waals surface area (Å²) in [6, 6.07) is 7.46. The molecule has 6 heteroatoms. The molecule has 1 aliphatic heterocycles. The lowest BCUT2D eigenvalue weighted by Crippen LogP contribution is -2.31. The quantitative estimate of drug-likeness (QED) is 0.807. The van der Waals surface area contributed by atoms with Crippen LogP contribution in [-0.2, 0) is 9.53 Å². The largest absolute Gasteiger partial charge is 0.452 e. The van der Waals surface area contributed by atoms with E-state index < -0.39 is 5.97 Å². The first-order chi connectivity index (χ1) is 10.6. The Morgan fingerprint density at radius 3 is 2.45 bits per heavy atom. The summed E-state index contributed by atoms with van der Waals surface area (Å²) in [5.74, 6) is 1.99. The molecule has 1 aromatic rings. The summed E-state index contributed by atoms with van der Waals surface area (Å²) < 4.78 is 5.49. The number of carbonyl (C=O) groups excluding carboxylic acids is 2. The summed E-state index contributed by atoms with van der Waals surface area (Å²) in [7, 11) is 0. The van der Waals surface area contributed by atoms with Gasteiger partial charge in [0.15, 0.2) is 6.61 Å². The van der Waals surface area contributed by atoms with Crippen LogP contribution in [0.5, 0.6) is 0 Å². The number of hydrogen-bond acceptors (Lipinski definition) is 5. The van der Waals surface area contributed by atoms with Crippen molar-refractivity contribution in [2.24, 2.45) is 5.92 Å². The zero-order valence-corrected chi connectivity index (χ0v) is 14.5. The predicted octanol–water partition coefficient (Wildman–Crippen LogP) is 3.09. The summed E-state index contributed by atoms with van der Waals surface area (Å²) in [6.45, 7) is 4.37. The van der Waals surface area contributed by atoms with E-state index >= 15 is 0 Å². The molecule has 120 valence electrons. The smallest absolute Gasteiger partial charge is 0.338 e. The number of benzene rings is 1. The first-order valence-electron chi connectivity index (χ1n) is 7.33. The molecule has 2 rings (SSSR count). The van der Waals surface area contributed by atoms with Gasteiger partial charge in [-0.25, -0.2) is 4.79 Å². The summed E-state index contributed by atoms with van der Waals surface area (Å²) >= 11 is 3.85. The fourth-order valence-corrected chi connectivity index (χ4v) is 4.77. The van der Waals surface area contributed by atoms with Crippen LogP contribution in [0.15, 0.2) is 24.3 Å². The SMILES string of the molecule is CC(C)CNC(=O)COC(=O)c1ccc(C2SCCS2)cc1. The van der Waals surface area contributed by atoms with E-state index in [-0.39, 0.29) is 12.5 Å². The van der Waals surface area contributed by atoms with Crippen LogP contribution < -0.4 is 5.32 Å². The molecule has 0 aliphatic carbocycles. The maximum Gasteiger partial charge on any atom is 0.338 e. The third kappa shape index (κ3) is 5.25. The first kappa shape index (κ1) is 17.2. The van der Waals surface area contributed by atoms with E-state index in [4.69, 9.17) is 4.74 Å². The summed E-state index contributed by atoms with van der Waals surface area (Å²) in [6.07, 6.45) is 0. The summed E-state index contributed by atoms with van der Waals surface area (Å²) in [4.78, 5) is 23.4. The molecular weight excluding hydrogens is 318 g/mol. The minimum atomic E-state index is -0.460. The van der Waals surface area contributed by atoms with Gasteiger partial charge in [-0.1, -0.05) is 26.0 Å². The zero-order chi connectivity index (χ0) is 15.9. The van der Waals surface area contributed by atoms with E-state index in [2.05, 4.69) is 5.32 Å². The molecule has 1 N–H and O–H groups in total. The van der Waals surface area contributed by atoms with E-state index in [1.165, 1.54) is 17.1 Å². The lowest BCUT2D eigenvalue weighted by atomic mass is 10.1. The second-order valence-electron chi connectivity index (χ2n) is 5.47. The van der Waals surface area contributed by atoms with Gasteiger partial charge in [0.2, 0.25) is 0 Å². The second-order valence-corrected chi connectivity index (χ2v) is 8.19. The van der Waals surface area contributed by atoms with E-state index in [1.807, 2.05) is 49.5 Å². The topological polar surface area (TPSA) is 55.4 Å². The maximum absolute atomic E-state index is 11.9. The Morgan fingerprint density at radius 2 is 1.86 bits per heavy atom. The van der Waals surface area contributed by atoms with Crippen molar-refractivity contribution in [3.05, 3.63) is 35.4 Å². The van der Waals surface area contributed by atoms with E-state index in [0.29, 0.717) is 22.6 Å². The third-order valence-electron chi connectivity index (χ3n) is 3.08. The van der Waals surface area contributed by atoms with Gasteiger partial charge >= 0.3 is 5.97 Å². The number of carbonyl (C=O) groups is 2. The average Bonchev–Trinajstić information content (AvgIpc) is 3.05. The van der Waals surface area contributed by atoms with Crippen LogP contribution in [0.4, 0.5) is 0 Å². The van der Waals surface area contributed by atoms with Crippen molar-refractivity contribution in [2.75, 3.05) is 24.7 Å². The lowest BCUT2D eigenvalue weighted by molar-refractivity contribution is -0.124. The number of ether oxygens (including phenoxy) is 1. The molecule has 1 aromatic carbocycles. The van der Waals surface area contributed by atoms with Gasteiger partial charge in [0.1, 0.15) is 0 Å². The highest BCUT2D eigenvalue weighted by molar-refractivity contribution is 8.19. The van der Waals surface area contributed by atoms with Crippen molar-refractivity contribution in [3.8, 4) is 0 Å². The number of rotatable bonds is 6. The van der Waals surface area contributed by atoms with Crippen LogP contribution in [0.2, 0.25) is 0 Å². The molecule has 1 amide bonds. The van der Waals surface area contributed by atoms with Crippen LogP contribution in [0, 0.1) is 5.92 Å². The molecule has 0 radical (unpaired) electrons. The Balaban J connectivity index is 1.81. The van der Waals surface area contributed by atoms with E-state index in [1.54, 1.807) is 12.1 Å². The number of thioether (sulfide) groups is 2. The van der Waals surface area contributed by atoms with Gasteiger partial charge in [-0.3, -0.25) is 4.79 Å². The molecule has 0 aromatic heterocycles. The third-order valence-corrected chi connectivity index (χ3v) is 6.19. The van der Waals surface area contributed by atoms with Gasteiger partial charge in [0.05, 0.1) is 10.1 Å². The molecular formula is C16H21NO3S2. The Bertz CT molecular complexity index is 511. The molecule has 0 atom stereocenters. The van der Waals surface area contributed by atoms with Crippen molar-refractivity contribution >= 4 is 35.4 Å². The standard InChI is InChI=1S/C16H21NO3S2/c1-11(2)9-17-14(18)10-20-15(19)12-3-5-13(6-4-12)16-21-7-8-22-16/h3-6,11,16H,7-10H2,1-2H3,(H,17,18). The van der Waals surface area contributed by atoms with Crippen LogP contribution in [0.25, 0.3) is 0 Å². The summed E-state index contributed by atoms with van der Waals surface area (Å²) in [5, 5.41) is 2.71. The molecule has 1 aliphatic rings. The molecule has 0 unspecified atom stereocenters. The highest BCUT2D eigenvalue weighted by Crippen LogP contribution is 2.45. The van der Waals surface area contributed by atoms with Crippen LogP contribution >= 0.6 is 23.5 Å². The number of amides is 1. The second kappa shape index (κ2) is 8.48. The molecule has 22 heavy (non-hydrogen) atoms. The molecule has 1 saturated heterocycles. The fraction of sp³-hybridized carbons (Fsp3) is 0.500. The first-order valence-corrected chi connectivity index (χ1v) is 9.43. The summed E-state index contributed by atoms with van der Waals surface area (Å²) in [5.41, 5.74) is 1.70. The maximum atomic E-state index is 11.9. The van der Waals surface area contributed by atoms with Crippen molar-refractivity contribution in [2.45, 2.75) is 18.4 Å². The Labute approximate surface area is 139 Å². The highest BCUT2D eigenvalue weighted by Gasteiger charge is 2.18. The monoisotopic (exact) mass is 339 g/mol. The lowest BCUT2D eigenvalue weighted by Gasteiger charge is -2.10. The van der Waals surface area contributed by atoms with E-state index in [0.717, 1.165) is 0 Å². The Kier molecular flexibility index (Phi) is 6.64. The minimum Gasteiger partial charge on any atom is -0.452 e. The zero-order valence-electron chi connectivity index (χ0n) is 12.8. The van der Waals surface area contributed by atoms with Crippen molar-refractivity contribution in [1.82, 2.24) is 5.32 Å². The minimum absolute atomic E-state index is 0.234. The Hall–Kier alpha value is -1.14. The normalized spacial score (nSPS) is 15.0. The van der Waals surface area contributed by atoms with Crippen LogP contribution in [0.3, 0.4) is 0 Å². The predicted molar refractivity (Wildman–Crippen MR) is 92.2 cm³/mol. The van der Waals surface area contributed by atoms with Crippen LogP contribution in [-0.4, -0.2) is 36.5 Å². The molecule has 1 fully saturated rings. The van der Waals surface area contributed by atoms with Gasteiger partial charge in [-0.15, -0.1) is 23.5 Å². The van der Waals surface area contributed by atoms with Crippen molar-refractivity contribution in [3.63, 3.8) is 0 Å². The molecule has 0 spiro atoms. The molecule has 4 nitrogen and oxygen atoms in total. The number of nitrogens with one attached hydrogen (secondary N) is 1.